The molecule has 0 aliphatic rings. The minimum absolute atomic E-state index is 0.475. The van der Waals surface area contributed by atoms with Crippen molar-refractivity contribution in [2.45, 2.75) is 6.42 Å². The summed E-state index contributed by atoms with van der Waals surface area (Å²) < 4.78 is 5.51. The highest BCUT2D eigenvalue weighted by atomic mass is 35.5. The summed E-state index contributed by atoms with van der Waals surface area (Å²) in [4.78, 5) is 4.10. The predicted octanol–water partition coefficient (Wildman–Crippen LogP) is 4.43. The van der Waals surface area contributed by atoms with E-state index >= 15 is 0 Å². The van der Waals surface area contributed by atoms with E-state index in [1.54, 1.807) is 24.4 Å². The van der Waals surface area contributed by atoms with Gasteiger partial charge in [0.25, 0.3) is 0 Å². The van der Waals surface area contributed by atoms with Crippen LogP contribution in [0.15, 0.2) is 28.8 Å². The van der Waals surface area contributed by atoms with E-state index in [1.165, 1.54) is 0 Å². The monoisotopic (exact) mass is 275 g/mol. The zero-order chi connectivity index (χ0) is 11.5. The Labute approximate surface area is 108 Å². The van der Waals surface area contributed by atoms with Gasteiger partial charge in [-0.05, 0) is 18.2 Å². The Morgan fingerprint density at radius 1 is 1.25 bits per heavy atom. The van der Waals surface area contributed by atoms with E-state index in [4.69, 9.17) is 39.2 Å². The first-order valence-electron chi connectivity index (χ1n) is 4.67. The molecule has 2 aromatic rings. The fourth-order valence-electron chi connectivity index (χ4n) is 1.32. The fraction of sp³-hybridized carbons (Fsp3) is 0.182. The van der Waals surface area contributed by atoms with Gasteiger partial charge in [-0.3, -0.25) is 0 Å². The molecule has 1 heterocycles. The molecule has 0 N–H and O–H groups in total. The van der Waals surface area contributed by atoms with E-state index in [2.05, 4.69) is 4.98 Å². The third-order valence-corrected chi connectivity index (χ3v) is 2.81. The molecule has 0 aliphatic heterocycles. The number of alkyl halides is 1. The van der Waals surface area contributed by atoms with Gasteiger partial charge in [0.05, 0.1) is 11.2 Å². The molecule has 0 atom stereocenters. The molecule has 0 saturated carbocycles. The van der Waals surface area contributed by atoms with Crippen molar-refractivity contribution in [2.75, 3.05) is 5.88 Å². The molecule has 1 aromatic heterocycles. The quantitative estimate of drug-likeness (QED) is 0.775. The van der Waals surface area contributed by atoms with E-state index < -0.39 is 0 Å². The van der Waals surface area contributed by atoms with Gasteiger partial charge in [0.1, 0.15) is 0 Å². The molecule has 2 nitrogen and oxygen atoms in total. The van der Waals surface area contributed by atoms with Gasteiger partial charge in [-0.2, -0.15) is 0 Å². The van der Waals surface area contributed by atoms with Crippen molar-refractivity contribution in [1.82, 2.24) is 4.98 Å². The van der Waals surface area contributed by atoms with Crippen molar-refractivity contribution in [3.05, 3.63) is 40.3 Å². The third-order valence-electron chi connectivity index (χ3n) is 2.06. The highest BCUT2D eigenvalue weighted by molar-refractivity contribution is 6.35. The molecular weight excluding hydrogens is 268 g/mol. The van der Waals surface area contributed by atoms with Crippen LogP contribution < -0.4 is 0 Å². The zero-order valence-electron chi connectivity index (χ0n) is 8.21. The lowest BCUT2D eigenvalue weighted by Gasteiger charge is -2.00. The Bertz CT molecular complexity index is 496. The molecule has 0 unspecified atom stereocenters. The molecule has 0 spiro atoms. The van der Waals surface area contributed by atoms with Crippen molar-refractivity contribution in [2.24, 2.45) is 0 Å². The van der Waals surface area contributed by atoms with Crippen LogP contribution in [0.3, 0.4) is 0 Å². The topological polar surface area (TPSA) is 26.0 Å². The first-order chi connectivity index (χ1) is 7.70. The first-order valence-corrected chi connectivity index (χ1v) is 5.96. The molecule has 0 amide bonds. The average molecular weight is 277 g/mol. The number of aromatic nitrogens is 1. The second-order valence-electron chi connectivity index (χ2n) is 3.18. The van der Waals surface area contributed by atoms with Gasteiger partial charge in [0.2, 0.25) is 0 Å². The number of oxazole rings is 1. The van der Waals surface area contributed by atoms with Gasteiger partial charge in [-0.15, -0.1) is 11.6 Å². The number of aryl methyl sites for hydroxylation is 1. The summed E-state index contributed by atoms with van der Waals surface area (Å²) in [6, 6.07) is 5.20. The second kappa shape index (κ2) is 5.09. The Balaban J connectivity index is 2.38. The van der Waals surface area contributed by atoms with Gasteiger partial charge in [-0.1, -0.05) is 23.2 Å². The minimum Gasteiger partial charge on any atom is -0.441 e. The molecule has 2 rings (SSSR count). The van der Waals surface area contributed by atoms with Crippen molar-refractivity contribution in [3.63, 3.8) is 0 Å². The minimum atomic E-state index is 0.475. The second-order valence-corrected chi connectivity index (χ2v) is 4.40. The third kappa shape index (κ3) is 2.51. The van der Waals surface area contributed by atoms with Crippen molar-refractivity contribution in [1.29, 1.82) is 0 Å². The number of hydrogen-bond donors (Lipinski definition) is 0. The van der Waals surface area contributed by atoms with Gasteiger partial charge < -0.3 is 4.42 Å². The van der Waals surface area contributed by atoms with Gasteiger partial charge in [-0.25, -0.2) is 4.98 Å². The SMILES string of the molecule is ClCCc1ncc(-c2cc(Cl)ccc2Cl)o1. The standard InChI is InChI=1S/C11H8Cl3NO/c12-4-3-11-15-6-10(16-11)8-5-7(13)1-2-9(8)14/h1-2,5-6H,3-4H2. The van der Waals surface area contributed by atoms with E-state index in [-0.39, 0.29) is 0 Å². The summed E-state index contributed by atoms with van der Waals surface area (Å²) in [5.41, 5.74) is 0.738. The number of halogens is 3. The highest BCUT2D eigenvalue weighted by Gasteiger charge is 2.10. The number of rotatable bonds is 3. The molecule has 0 fully saturated rings. The van der Waals surface area contributed by atoms with Crippen LogP contribution in [0.25, 0.3) is 11.3 Å². The highest BCUT2D eigenvalue weighted by Crippen LogP contribution is 2.30. The van der Waals surface area contributed by atoms with E-state index in [0.717, 1.165) is 5.56 Å². The molecule has 5 heteroatoms. The number of nitrogens with zero attached hydrogens (tertiary/aromatic N) is 1. The van der Waals surface area contributed by atoms with Crippen LogP contribution in [0.5, 0.6) is 0 Å². The molecule has 0 radical (unpaired) electrons. The van der Waals surface area contributed by atoms with Crippen molar-refractivity contribution in [3.8, 4) is 11.3 Å². The van der Waals surface area contributed by atoms with E-state index in [0.29, 0.717) is 34.0 Å². The Kier molecular flexibility index (Phi) is 3.74. The van der Waals surface area contributed by atoms with Crippen LogP contribution in [-0.4, -0.2) is 10.9 Å². The van der Waals surface area contributed by atoms with Crippen LogP contribution in [0.1, 0.15) is 5.89 Å². The van der Waals surface area contributed by atoms with E-state index in [1.807, 2.05) is 0 Å². The maximum absolute atomic E-state index is 6.04. The molecule has 84 valence electrons. The first kappa shape index (κ1) is 11.8. The largest absolute Gasteiger partial charge is 0.441 e. The Morgan fingerprint density at radius 2 is 2.06 bits per heavy atom. The summed E-state index contributed by atoms with van der Waals surface area (Å²) >= 11 is 17.5. The van der Waals surface area contributed by atoms with Crippen molar-refractivity contribution < 1.29 is 4.42 Å². The lowest BCUT2D eigenvalue weighted by Crippen LogP contribution is -1.83. The molecular formula is C11H8Cl3NO. The lowest BCUT2D eigenvalue weighted by molar-refractivity contribution is 0.515. The van der Waals surface area contributed by atoms with Gasteiger partial charge >= 0.3 is 0 Å². The lowest BCUT2D eigenvalue weighted by atomic mass is 10.2. The molecule has 0 bridgehead atoms. The summed E-state index contributed by atoms with van der Waals surface area (Å²) in [6.45, 7) is 0. The Morgan fingerprint density at radius 3 is 2.81 bits per heavy atom. The van der Waals surface area contributed by atoms with Gasteiger partial charge in [0.15, 0.2) is 11.7 Å². The smallest absolute Gasteiger partial charge is 0.196 e. The fourth-order valence-corrected chi connectivity index (χ4v) is 1.86. The zero-order valence-corrected chi connectivity index (χ0v) is 10.5. The van der Waals surface area contributed by atoms with E-state index in [9.17, 15) is 0 Å². The number of benzene rings is 1. The molecule has 0 aliphatic carbocycles. The van der Waals surface area contributed by atoms with Crippen LogP contribution in [-0.2, 0) is 6.42 Å². The van der Waals surface area contributed by atoms with Gasteiger partial charge in [0, 0.05) is 22.9 Å². The summed E-state index contributed by atoms with van der Waals surface area (Å²) in [5, 5.41) is 1.19. The van der Waals surface area contributed by atoms with Crippen LogP contribution in [0.2, 0.25) is 10.0 Å². The molecule has 16 heavy (non-hydrogen) atoms. The van der Waals surface area contributed by atoms with Crippen LogP contribution >= 0.6 is 34.8 Å². The number of hydrogen-bond acceptors (Lipinski definition) is 2. The summed E-state index contributed by atoms with van der Waals surface area (Å²) in [5.74, 6) is 1.68. The van der Waals surface area contributed by atoms with Crippen molar-refractivity contribution >= 4 is 34.8 Å². The van der Waals surface area contributed by atoms with Crippen LogP contribution in [0.4, 0.5) is 0 Å². The maximum atomic E-state index is 6.04. The average Bonchev–Trinajstić information content (AvgIpc) is 2.71. The normalized spacial score (nSPS) is 10.7. The predicted molar refractivity (Wildman–Crippen MR) is 66.4 cm³/mol. The molecule has 0 saturated heterocycles. The summed E-state index contributed by atoms with van der Waals surface area (Å²) in [6.07, 6.45) is 2.22. The Hall–Kier alpha value is -0.700. The molecule has 1 aromatic carbocycles. The maximum Gasteiger partial charge on any atom is 0.196 e. The van der Waals surface area contributed by atoms with Crippen LogP contribution in [0, 0.1) is 0 Å². The summed E-state index contributed by atoms with van der Waals surface area (Å²) in [7, 11) is 0.